The molecule has 7 nitrogen and oxygen atoms in total. The maximum absolute atomic E-state index is 11.8. The molecule has 0 bridgehead atoms. The van der Waals surface area contributed by atoms with Gasteiger partial charge in [0, 0.05) is 18.5 Å². The Morgan fingerprint density at radius 3 is 2.72 bits per heavy atom. The first-order valence-electron chi connectivity index (χ1n) is 8.04. The van der Waals surface area contributed by atoms with Crippen molar-refractivity contribution in [3.8, 4) is 0 Å². The molecule has 1 heterocycles. The molecule has 3 rings (SSSR count). The third-order valence-corrected chi connectivity index (χ3v) is 4.26. The SMILES string of the molecule is CCC(CNc1cc2nc[nH]c(=O)c2cc1[N+](=O)[O-])c1ccccc1. The Hall–Kier alpha value is -3.22. The van der Waals surface area contributed by atoms with E-state index in [-0.39, 0.29) is 17.0 Å². The number of fused-ring (bicyclic) bond motifs is 1. The predicted molar refractivity (Wildman–Crippen MR) is 97.0 cm³/mol. The van der Waals surface area contributed by atoms with Crippen LogP contribution in [0.25, 0.3) is 10.9 Å². The van der Waals surface area contributed by atoms with Crippen LogP contribution in [-0.2, 0) is 0 Å². The van der Waals surface area contributed by atoms with Gasteiger partial charge in [0.15, 0.2) is 0 Å². The van der Waals surface area contributed by atoms with Gasteiger partial charge >= 0.3 is 0 Å². The molecule has 0 aliphatic carbocycles. The number of benzene rings is 2. The topological polar surface area (TPSA) is 101 Å². The highest BCUT2D eigenvalue weighted by atomic mass is 16.6. The Balaban J connectivity index is 1.93. The van der Waals surface area contributed by atoms with E-state index in [1.54, 1.807) is 6.07 Å². The molecule has 0 aliphatic heterocycles. The van der Waals surface area contributed by atoms with Gasteiger partial charge in [-0.15, -0.1) is 0 Å². The summed E-state index contributed by atoms with van der Waals surface area (Å²) in [6.07, 6.45) is 2.19. The fourth-order valence-corrected chi connectivity index (χ4v) is 2.85. The summed E-state index contributed by atoms with van der Waals surface area (Å²) in [5, 5.41) is 14.8. The van der Waals surface area contributed by atoms with E-state index in [4.69, 9.17) is 0 Å². The molecule has 0 saturated carbocycles. The van der Waals surface area contributed by atoms with Gasteiger partial charge < -0.3 is 10.3 Å². The Morgan fingerprint density at radius 1 is 1.28 bits per heavy atom. The van der Waals surface area contributed by atoms with Crippen LogP contribution in [0, 0.1) is 10.1 Å². The Kier molecular flexibility index (Phi) is 4.74. The molecular weight excluding hydrogens is 320 g/mol. The van der Waals surface area contributed by atoms with Crippen molar-refractivity contribution >= 4 is 22.3 Å². The fraction of sp³-hybridized carbons (Fsp3) is 0.222. The second kappa shape index (κ2) is 7.12. The first-order chi connectivity index (χ1) is 12.1. The molecule has 2 N–H and O–H groups in total. The molecule has 0 aliphatic rings. The van der Waals surface area contributed by atoms with Gasteiger partial charge in [0.1, 0.15) is 5.69 Å². The normalized spacial score (nSPS) is 12.0. The molecule has 1 atom stereocenters. The molecule has 2 aromatic carbocycles. The van der Waals surface area contributed by atoms with Crippen LogP contribution in [0.2, 0.25) is 0 Å². The minimum Gasteiger partial charge on any atom is -0.379 e. The van der Waals surface area contributed by atoms with Gasteiger partial charge in [-0.2, -0.15) is 0 Å². The largest absolute Gasteiger partial charge is 0.379 e. The van der Waals surface area contributed by atoms with Crippen molar-refractivity contribution in [2.45, 2.75) is 19.3 Å². The molecule has 25 heavy (non-hydrogen) atoms. The van der Waals surface area contributed by atoms with Crippen molar-refractivity contribution < 1.29 is 4.92 Å². The minimum absolute atomic E-state index is 0.131. The van der Waals surface area contributed by atoms with Gasteiger partial charge in [-0.1, -0.05) is 37.3 Å². The van der Waals surface area contributed by atoms with Crippen molar-refractivity contribution in [3.05, 3.63) is 74.8 Å². The molecule has 0 radical (unpaired) electrons. The van der Waals surface area contributed by atoms with Gasteiger partial charge in [-0.05, 0) is 18.1 Å². The maximum atomic E-state index is 11.8. The quantitative estimate of drug-likeness (QED) is 0.529. The number of nitrogens with one attached hydrogen (secondary N) is 2. The van der Waals surface area contributed by atoms with Crippen molar-refractivity contribution in [3.63, 3.8) is 0 Å². The lowest BCUT2D eigenvalue weighted by Crippen LogP contribution is -2.14. The predicted octanol–water partition coefficient (Wildman–Crippen LogP) is 3.44. The number of nitrogens with zero attached hydrogens (tertiary/aromatic N) is 2. The van der Waals surface area contributed by atoms with Crippen LogP contribution in [-0.4, -0.2) is 21.4 Å². The summed E-state index contributed by atoms with van der Waals surface area (Å²) in [4.78, 5) is 29.3. The lowest BCUT2D eigenvalue weighted by atomic mass is 9.96. The van der Waals surface area contributed by atoms with Crippen LogP contribution in [0.1, 0.15) is 24.8 Å². The van der Waals surface area contributed by atoms with Crippen molar-refractivity contribution in [2.24, 2.45) is 0 Å². The van der Waals surface area contributed by atoms with Crippen LogP contribution in [0.5, 0.6) is 0 Å². The van der Waals surface area contributed by atoms with E-state index in [0.717, 1.165) is 6.42 Å². The van der Waals surface area contributed by atoms with E-state index in [2.05, 4.69) is 22.2 Å². The Labute approximate surface area is 143 Å². The lowest BCUT2D eigenvalue weighted by molar-refractivity contribution is -0.383. The van der Waals surface area contributed by atoms with Gasteiger partial charge in [-0.25, -0.2) is 4.98 Å². The number of nitro groups is 1. The summed E-state index contributed by atoms with van der Waals surface area (Å²) in [5.74, 6) is 0.226. The average Bonchev–Trinajstić information content (AvgIpc) is 2.62. The molecule has 7 heteroatoms. The van der Waals surface area contributed by atoms with E-state index < -0.39 is 10.5 Å². The molecule has 0 saturated heterocycles. The molecular formula is C18H18N4O3. The number of nitro benzene ring substituents is 1. The zero-order valence-electron chi connectivity index (χ0n) is 13.7. The summed E-state index contributed by atoms with van der Waals surface area (Å²) in [6, 6.07) is 12.8. The van der Waals surface area contributed by atoms with Crippen LogP contribution in [0.4, 0.5) is 11.4 Å². The first kappa shape index (κ1) is 16.6. The fourth-order valence-electron chi connectivity index (χ4n) is 2.85. The van der Waals surface area contributed by atoms with Crippen molar-refractivity contribution in [2.75, 3.05) is 11.9 Å². The van der Waals surface area contributed by atoms with Crippen LogP contribution < -0.4 is 10.9 Å². The van der Waals surface area contributed by atoms with Gasteiger partial charge in [0.2, 0.25) is 0 Å². The highest BCUT2D eigenvalue weighted by molar-refractivity contribution is 5.86. The standard InChI is InChI=1S/C18H18N4O3/c1-2-12(13-6-4-3-5-7-13)10-19-16-9-15-14(8-17(16)22(24)25)18(23)21-11-20-15/h3-9,11-12,19H,2,10H2,1H3,(H,20,21,23). The van der Waals surface area contributed by atoms with Crippen LogP contribution in [0.15, 0.2) is 53.6 Å². The highest BCUT2D eigenvalue weighted by Crippen LogP contribution is 2.29. The summed E-state index contributed by atoms with van der Waals surface area (Å²) in [5.41, 5.74) is 1.44. The van der Waals surface area contributed by atoms with Crippen molar-refractivity contribution in [1.82, 2.24) is 9.97 Å². The zero-order chi connectivity index (χ0) is 17.8. The zero-order valence-corrected chi connectivity index (χ0v) is 13.7. The third kappa shape index (κ3) is 3.50. The molecule has 0 amide bonds. The smallest absolute Gasteiger partial charge is 0.293 e. The molecule has 0 fully saturated rings. The van der Waals surface area contributed by atoms with E-state index in [1.165, 1.54) is 18.0 Å². The highest BCUT2D eigenvalue weighted by Gasteiger charge is 2.18. The number of anilines is 1. The average molecular weight is 338 g/mol. The van der Waals surface area contributed by atoms with E-state index in [9.17, 15) is 14.9 Å². The lowest BCUT2D eigenvalue weighted by Gasteiger charge is -2.17. The van der Waals surface area contributed by atoms with E-state index >= 15 is 0 Å². The second-order valence-electron chi connectivity index (χ2n) is 5.77. The molecule has 128 valence electrons. The molecule has 1 unspecified atom stereocenters. The number of aromatic nitrogens is 2. The van der Waals surface area contributed by atoms with Crippen LogP contribution >= 0.6 is 0 Å². The molecule has 3 aromatic rings. The molecule has 1 aromatic heterocycles. The Bertz CT molecular complexity index is 953. The van der Waals surface area contributed by atoms with E-state index in [1.807, 2.05) is 30.3 Å². The summed E-state index contributed by atoms with van der Waals surface area (Å²) >= 11 is 0. The first-order valence-corrected chi connectivity index (χ1v) is 8.04. The minimum atomic E-state index is -0.488. The number of H-pyrrole nitrogens is 1. The molecule has 0 spiro atoms. The van der Waals surface area contributed by atoms with Gasteiger partial charge in [0.25, 0.3) is 11.2 Å². The van der Waals surface area contributed by atoms with Crippen LogP contribution in [0.3, 0.4) is 0 Å². The second-order valence-corrected chi connectivity index (χ2v) is 5.77. The number of hydrogen-bond donors (Lipinski definition) is 2. The maximum Gasteiger partial charge on any atom is 0.293 e. The monoisotopic (exact) mass is 338 g/mol. The van der Waals surface area contributed by atoms with E-state index in [0.29, 0.717) is 17.7 Å². The number of aromatic amines is 1. The number of rotatable bonds is 6. The summed E-state index contributed by atoms with van der Waals surface area (Å²) < 4.78 is 0. The Morgan fingerprint density at radius 2 is 2.04 bits per heavy atom. The van der Waals surface area contributed by atoms with Gasteiger partial charge in [0.05, 0.1) is 22.2 Å². The third-order valence-electron chi connectivity index (χ3n) is 4.26. The number of hydrogen-bond acceptors (Lipinski definition) is 5. The summed E-state index contributed by atoms with van der Waals surface area (Å²) in [6.45, 7) is 2.63. The summed E-state index contributed by atoms with van der Waals surface area (Å²) in [7, 11) is 0. The van der Waals surface area contributed by atoms with Gasteiger partial charge in [-0.3, -0.25) is 14.9 Å². The van der Waals surface area contributed by atoms with Crippen molar-refractivity contribution in [1.29, 1.82) is 0 Å².